The molecule has 1 N–H and O–H groups in total. The largest absolute Gasteiger partial charge is 0.469 e. The molecule has 0 saturated carbocycles. The van der Waals surface area contributed by atoms with Gasteiger partial charge >= 0.3 is 0 Å². The van der Waals surface area contributed by atoms with Crippen LogP contribution in [-0.2, 0) is 21.2 Å². The summed E-state index contributed by atoms with van der Waals surface area (Å²) in [6.45, 7) is 2.26. The Morgan fingerprint density at radius 3 is 2.48 bits per heavy atom. The van der Waals surface area contributed by atoms with Crippen LogP contribution in [0.2, 0.25) is 0 Å². The number of hydrogen-bond acceptors (Lipinski definition) is 4. The van der Waals surface area contributed by atoms with Gasteiger partial charge in [0, 0.05) is 13.0 Å². The Balaban J connectivity index is 2.03. The van der Waals surface area contributed by atoms with E-state index in [1.54, 1.807) is 43.5 Å². The molecule has 1 aromatic heterocycles. The molecule has 1 atom stereocenters. The third-order valence-corrected chi connectivity index (χ3v) is 5.00. The number of para-hydroxylation sites is 1. The lowest BCUT2D eigenvalue weighted by atomic mass is 10.2. The molecular weight excluding hydrogens is 340 g/mol. The zero-order valence-electron chi connectivity index (χ0n) is 14.5. The van der Waals surface area contributed by atoms with Crippen LogP contribution in [0.4, 0.5) is 5.69 Å². The Morgan fingerprint density at radius 1 is 1.20 bits per heavy atom. The minimum atomic E-state index is -3.58. The number of rotatable bonds is 9. The molecule has 0 aliphatic heterocycles. The highest BCUT2D eigenvalue weighted by Gasteiger charge is 2.31. The van der Waals surface area contributed by atoms with E-state index in [2.05, 4.69) is 5.32 Å². The van der Waals surface area contributed by atoms with Gasteiger partial charge in [-0.3, -0.25) is 9.10 Å². The van der Waals surface area contributed by atoms with Gasteiger partial charge in [-0.1, -0.05) is 25.1 Å². The summed E-state index contributed by atoms with van der Waals surface area (Å²) in [6, 6.07) is 11.6. The fourth-order valence-electron chi connectivity index (χ4n) is 2.68. The fraction of sp³-hybridized carbons (Fsp3) is 0.389. The number of aryl methyl sites for hydroxylation is 1. The summed E-state index contributed by atoms with van der Waals surface area (Å²) in [4.78, 5) is 12.6. The van der Waals surface area contributed by atoms with Crippen molar-refractivity contribution in [2.24, 2.45) is 0 Å². The van der Waals surface area contributed by atoms with Crippen LogP contribution in [0.5, 0.6) is 0 Å². The first-order valence-electron chi connectivity index (χ1n) is 8.28. The maximum Gasteiger partial charge on any atom is 0.243 e. The minimum Gasteiger partial charge on any atom is -0.469 e. The van der Waals surface area contributed by atoms with Crippen LogP contribution in [0.1, 0.15) is 25.5 Å². The monoisotopic (exact) mass is 364 g/mol. The molecule has 6 nitrogen and oxygen atoms in total. The van der Waals surface area contributed by atoms with Gasteiger partial charge in [0.15, 0.2) is 0 Å². The summed E-state index contributed by atoms with van der Waals surface area (Å²) in [7, 11) is -3.58. The normalized spacial score (nSPS) is 12.6. The van der Waals surface area contributed by atoms with Crippen molar-refractivity contribution >= 4 is 21.6 Å². The molecule has 1 amide bonds. The number of nitrogens with zero attached hydrogens (tertiary/aromatic N) is 1. The number of anilines is 1. The van der Waals surface area contributed by atoms with Gasteiger partial charge in [0.2, 0.25) is 15.9 Å². The Kier molecular flexibility index (Phi) is 6.64. The molecule has 0 fully saturated rings. The lowest BCUT2D eigenvalue weighted by Crippen LogP contribution is -2.49. The van der Waals surface area contributed by atoms with Gasteiger partial charge in [0.1, 0.15) is 11.8 Å². The third-order valence-electron chi connectivity index (χ3n) is 3.82. The SMILES string of the molecule is CCC(C(=O)NCCCc1ccco1)N(c1ccccc1)S(C)(=O)=O. The summed E-state index contributed by atoms with van der Waals surface area (Å²) in [5.74, 6) is 0.569. The van der Waals surface area contributed by atoms with Crippen LogP contribution >= 0.6 is 0 Å². The van der Waals surface area contributed by atoms with Crippen LogP contribution in [0.25, 0.3) is 0 Å². The highest BCUT2D eigenvalue weighted by molar-refractivity contribution is 7.92. The van der Waals surface area contributed by atoms with Gasteiger partial charge in [-0.15, -0.1) is 0 Å². The average molecular weight is 364 g/mol. The van der Waals surface area contributed by atoms with Crippen molar-refractivity contribution < 1.29 is 17.6 Å². The Labute approximate surface area is 148 Å². The third kappa shape index (κ3) is 5.35. The average Bonchev–Trinajstić information content (AvgIpc) is 3.09. The van der Waals surface area contributed by atoms with Crippen molar-refractivity contribution in [1.82, 2.24) is 5.32 Å². The Bertz CT molecular complexity index is 758. The number of hydrogen-bond donors (Lipinski definition) is 1. The van der Waals surface area contributed by atoms with Gasteiger partial charge in [-0.2, -0.15) is 0 Å². The van der Waals surface area contributed by atoms with Crippen LogP contribution in [-0.4, -0.2) is 33.2 Å². The molecule has 0 bridgehead atoms. The maximum atomic E-state index is 12.6. The van der Waals surface area contributed by atoms with Crippen LogP contribution in [0.3, 0.4) is 0 Å². The predicted octanol–water partition coefficient (Wildman–Crippen LogP) is 2.57. The lowest BCUT2D eigenvalue weighted by molar-refractivity contribution is -0.122. The molecule has 0 aliphatic rings. The number of furan rings is 1. The maximum absolute atomic E-state index is 12.6. The second-order valence-corrected chi connectivity index (χ2v) is 7.65. The van der Waals surface area contributed by atoms with E-state index in [1.807, 2.05) is 12.1 Å². The highest BCUT2D eigenvalue weighted by atomic mass is 32.2. The minimum absolute atomic E-state index is 0.295. The number of carbonyl (C=O) groups excluding carboxylic acids is 1. The van der Waals surface area contributed by atoms with Gasteiger partial charge < -0.3 is 9.73 Å². The van der Waals surface area contributed by atoms with Crippen LogP contribution < -0.4 is 9.62 Å². The standard InChI is InChI=1S/C18H24N2O4S/c1-3-17(18(21)19-13-7-11-16-12-8-14-24-16)20(25(2,22)23)15-9-5-4-6-10-15/h4-6,8-10,12,14,17H,3,7,11,13H2,1-2H3,(H,19,21). The van der Waals surface area contributed by atoms with E-state index < -0.39 is 16.1 Å². The van der Waals surface area contributed by atoms with E-state index in [4.69, 9.17) is 4.42 Å². The fourth-order valence-corrected chi connectivity index (χ4v) is 3.89. The molecule has 2 aromatic rings. The molecule has 0 aliphatic carbocycles. The van der Waals surface area contributed by atoms with Gasteiger partial charge in [0.05, 0.1) is 18.2 Å². The molecule has 25 heavy (non-hydrogen) atoms. The number of nitrogens with one attached hydrogen (secondary N) is 1. The van der Waals surface area contributed by atoms with E-state index in [-0.39, 0.29) is 5.91 Å². The van der Waals surface area contributed by atoms with Crippen LogP contribution in [0.15, 0.2) is 53.1 Å². The number of amides is 1. The van der Waals surface area contributed by atoms with Crippen LogP contribution in [0, 0.1) is 0 Å². The number of carbonyl (C=O) groups is 1. The first-order chi connectivity index (χ1) is 11.9. The second kappa shape index (κ2) is 8.71. The quantitative estimate of drug-likeness (QED) is 0.694. The molecule has 0 radical (unpaired) electrons. The summed E-state index contributed by atoms with van der Waals surface area (Å²) in [5, 5.41) is 2.83. The van der Waals surface area contributed by atoms with Crippen molar-refractivity contribution in [3.05, 3.63) is 54.5 Å². The summed E-state index contributed by atoms with van der Waals surface area (Å²) < 4.78 is 31.0. The number of sulfonamides is 1. The Hall–Kier alpha value is -2.28. The van der Waals surface area contributed by atoms with E-state index in [0.717, 1.165) is 24.9 Å². The summed E-state index contributed by atoms with van der Waals surface area (Å²) >= 11 is 0. The molecule has 136 valence electrons. The van der Waals surface area contributed by atoms with Crippen molar-refractivity contribution in [1.29, 1.82) is 0 Å². The molecular formula is C18H24N2O4S. The molecule has 2 rings (SSSR count). The second-order valence-electron chi connectivity index (χ2n) is 5.79. The lowest BCUT2D eigenvalue weighted by Gasteiger charge is -2.30. The first-order valence-corrected chi connectivity index (χ1v) is 10.1. The highest BCUT2D eigenvalue weighted by Crippen LogP contribution is 2.21. The smallest absolute Gasteiger partial charge is 0.243 e. The molecule has 0 saturated heterocycles. The zero-order valence-corrected chi connectivity index (χ0v) is 15.3. The van der Waals surface area contributed by atoms with Crippen molar-refractivity contribution in [3.63, 3.8) is 0 Å². The molecule has 1 heterocycles. The van der Waals surface area contributed by atoms with Crippen molar-refractivity contribution in [2.45, 2.75) is 32.2 Å². The van der Waals surface area contributed by atoms with E-state index >= 15 is 0 Å². The molecule has 7 heteroatoms. The van der Waals surface area contributed by atoms with Gasteiger partial charge in [-0.05, 0) is 37.1 Å². The Morgan fingerprint density at radius 2 is 1.92 bits per heavy atom. The molecule has 0 spiro atoms. The molecule has 1 aromatic carbocycles. The zero-order chi connectivity index (χ0) is 18.3. The summed E-state index contributed by atoms with van der Waals surface area (Å²) in [6.07, 6.45) is 4.56. The number of benzene rings is 1. The first kappa shape index (κ1) is 19.1. The molecule has 1 unspecified atom stereocenters. The predicted molar refractivity (Wildman–Crippen MR) is 97.9 cm³/mol. The topological polar surface area (TPSA) is 79.6 Å². The van der Waals surface area contributed by atoms with Gasteiger partial charge in [0.25, 0.3) is 0 Å². The van der Waals surface area contributed by atoms with Crippen molar-refractivity contribution in [3.8, 4) is 0 Å². The van der Waals surface area contributed by atoms with E-state index in [0.29, 0.717) is 18.7 Å². The van der Waals surface area contributed by atoms with E-state index in [9.17, 15) is 13.2 Å². The van der Waals surface area contributed by atoms with Crippen molar-refractivity contribution in [2.75, 3.05) is 17.1 Å². The summed E-state index contributed by atoms with van der Waals surface area (Å²) in [5.41, 5.74) is 0.489. The van der Waals surface area contributed by atoms with Gasteiger partial charge in [-0.25, -0.2) is 8.42 Å². The van der Waals surface area contributed by atoms with E-state index in [1.165, 1.54) is 4.31 Å².